The van der Waals surface area contributed by atoms with Gasteiger partial charge in [0.2, 0.25) is 0 Å². The van der Waals surface area contributed by atoms with Gasteiger partial charge in [0.1, 0.15) is 0 Å². The quantitative estimate of drug-likeness (QED) is 0.649. The van der Waals surface area contributed by atoms with Crippen molar-refractivity contribution >= 4 is 5.96 Å². The minimum atomic E-state index is 0.530. The van der Waals surface area contributed by atoms with Crippen molar-refractivity contribution in [3.8, 4) is 0 Å². The first kappa shape index (κ1) is 16.3. The lowest BCUT2D eigenvalue weighted by Crippen LogP contribution is -2.42. The minimum absolute atomic E-state index is 0.530. The maximum Gasteiger partial charge on any atom is 0.188 e. The maximum absolute atomic E-state index is 6.10. The van der Waals surface area contributed by atoms with Crippen molar-refractivity contribution in [2.75, 3.05) is 13.1 Å². The summed E-state index contributed by atoms with van der Waals surface area (Å²) < 4.78 is 0. The van der Waals surface area contributed by atoms with Gasteiger partial charge in [-0.2, -0.15) is 0 Å². The highest BCUT2D eigenvalue weighted by molar-refractivity contribution is 5.78. The third-order valence-corrected chi connectivity index (χ3v) is 5.16. The summed E-state index contributed by atoms with van der Waals surface area (Å²) in [6.07, 6.45) is 8.97. The van der Waals surface area contributed by atoms with Gasteiger partial charge in [-0.05, 0) is 37.8 Å². The van der Waals surface area contributed by atoms with Crippen LogP contribution in [-0.4, -0.2) is 36.0 Å². The Morgan fingerprint density at radius 2 is 1.87 bits per heavy atom. The van der Waals surface area contributed by atoms with Crippen LogP contribution < -0.4 is 11.1 Å². The molecule has 1 saturated heterocycles. The number of hydrogen-bond acceptors (Lipinski definition) is 2. The SMILES string of the molecule is NC(=NCC1CCCN1Cc1ccccc1)NC1CCCCC1. The molecule has 2 aliphatic rings. The fourth-order valence-electron chi connectivity index (χ4n) is 3.83. The molecule has 1 unspecified atom stereocenters. The Morgan fingerprint density at radius 1 is 1.09 bits per heavy atom. The molecule has 1 heterocycles. The molecular formula is C19H30N4. The number of nitrogens with zero attached hydrogens (tertiary/aromatic N) is 2. The molecule has 1 aliphatic heterocycles. The third-order valence-electron chi connectivity index (χ3n) is 5.16. The molecule has 0 bridgehead atoms. The van der Waals surface area contributed by atoms with E-state index in [1.807, 2.05) is 0 Å². The zero-order valence-electron chi connectivity index (χ0n) is 14.1. The largest absolute Gasteiger partial charge is 0.370 e. The van der Waals surface area contributed by atoms with E-state index in [0.29, 0.717) is 18.0 Å². The smallest absolute Gasteiger partial charge is 0.188 e. The Hall–Kier alpha value is -1.55. The molecule has 0 amide bonds. The molecule has 1 atom stereocenters. The summed E-state index contributed by atoms with van der Waals surface area (Å²) in [7, 11) is 0. The van der Waals surface area contributed by atoms with Gasteiger partial charge < -0.3 is 11.1 Å². The molecule has 126 valence electrons. The summed E-state index contributed by atoms with van der Waals surface area (Å²) in [6, 6.07) is 11.8. The molecule has 3 N–H and O–H groups in total. The molecule has 2 fully saturated rings. The third kappa shape index (κ3) is 4.96. The van der Waals surface area contributed by atoms with Gasteiger partial charge in [0.05, 0.1) is 6.54 Å². The van der Waals surface area contributed by atoms with Crippen molar-refractivity contribution < 1.29 is 0 Å². The van der Waals surface area contributed by atoms with Gasteiger partial charge in [-0.3, -0.25) is 9.89 Å². The van der Waals surface area contributed by atoms with Crippen LogP contribution in [-0.2, 0) is 6.54 Å². The molecular weight excluding hydrogens is 284 g/mol. The highest BCUT2D eigenvalue weighted by atomic mass is 15.2. The zero-order valence-corrected chi connectivity index (χ0v) is 14.1. The predicted octanol–water partition coefficient (Wildman–Crippen LogP) is 2.89. The van der Waals surface area contributed by atoms with E-state index in [1.54, 1.807) is 0 Å². The van der Waals surface area contributed by atoms with E-state index in [9.17, 15) is 0 Å². The lowest BCUT2D eigenvalue weighted by molar-refractivity contribution is 0.250. The summed E-state index contributed by atoms with van der Waals surface area (Å²) >= 11 is 0. The minimum Gasteiger partial charge on any atom is -0.370 e. The molecule has 0 spiro atoms. The normalized spacial score (nSPS) is 24.0. The van der Waals surface area contributed by atoms with E-state index in [1.165, 1.54) is 57.1 Å². The van der Waals surface area contributed by atoms with Gasteiger partial charge in [0, 0.05) is 18.6 Å². The average molecular weight is 314 g/mol. The van der Waals surface area contributed by atoms with Crippen molar-refractivity contribution in [3.05, 3.63) is 35.9 Å². The van der Waals surface area contributed by atoms with Crippen LogP contribution >= 0.6 is 0 Å². The topological polar surface area (TPSA) is 53.6 Å². The monoisotopic (exact) mass is 314 g/mol. The average Bonchev–Trinajstić information content (AvgIpc) is 3.02. The van der Waals surface area contributed by atoms with E-state index in [-0.39, 0.29) is 0 Å². The van der Waals surface area contributed by atoms with Crippen LogP contribution in [0.3, 0.4) is 0 Å². The van der Waals surface area contributed by atoms with E-state index in [2.05, 4.69) is 45.5 Å². The molecule has 0 radical (unpaired) electrons. The lowest BCUT2D eigenvalue weighted by Gasteiger charge is -2.25. The first-order valence-electron chi connectivity index (χ1n) is 9.16. The lowest BCUT2D eigenvalue weighted by atomic mass is 9.96. The number of nitrogens with two attached hydrogens (primary N) is 1. The van der Waals surface area contributed by atoms with Gasteiger partial charge >= 0.3 is 0 Å². The van der Waals surface area contributed by atoms with Crippen LogP contribution in [0.5, 0.6) is 0 Å². The van der Waals surface area contributed by atoms with Crippen LogP contribution in [0.15, 0.2) is 35.3 Å². The van der Waals surface area contributed by atoms with E-state index in [0.717, 1.165) is 13.1 Å². The number of benzene rings is 1. The number of nitrogens with one attached hydrogen (secondary N) is 1. The summed E-state index contributed by atoms with van der Waals surface area (Å²) in [5.41, 5.74) is 7.49. The molecule has 4 nitrogen and oxygen atoms in total. The Labute approximate surface area is 140 Å². The van der Waals surface area contributed by atoms with Crippen molar-refractivity contribution in [3.63, 3.8) is 0 Å². The van der Waals surface area contributed by atoms with Crippen LogP contribution in [0.4, 0.5) is 0 Å². The molecule has 1 saturated carbocycles. The van der Waals surface area contributed by atoms with Crippen molar-refractivity contribution in [1.29, 1.82) is 0 Å². The van der Waals surface area contributed by atoms with Crippen molar-refractivity contribution in [2.24, 2.45) is 10.7 Å². The van der Waals surface area contributed by atoms with Crippen LogP contribution in [0.2, 0.25) is 0 Å². The number of guanidine groups is 1. The van der Waals surface area contributed by atoms with Crippen molar-refractivity contribution in [2.45, 2.75) is 63.6 Å². The summed E-state index contributed by atoms with van der Waals surface area (Å²) in [5, 5.41) is 3.42. The van der Waals surface area contributed by atoms with Gasteiger partial charge in [-0.15, -0.1) is 0 Å². The fraction of sp³-hybridized carbons (Fsp3) is 0.632. The second-order valence-electron chi connectivity index (χ2n) is 6.96. The number of aliphatic imine (C=N–C) groups is 1. The molecule has 23 heavy (non-hydrogen) atoms. The van der Waals surface area contributed by atoms with Crippen molar-refractivity contribution in [1.82, 2.24) is 10.2 Å². The first-order chi connectivity index (χ1) is 11.3. The molecule has 1 aliphatic carbocycles. The second kappa shape index (κ2) is 8.34. The highest BCUT2D eigenvalue weighted by Gasteiger charge is 2.24. The fourth-order valence-corrected chi connectivity index (χ4v) is 3.83. The van der Waals surface area contributed by atoms with Gasteiger partial charge in [0.15, 0.2) is 5.96 Å². The Morgan fingerprint density at radius 3 is 2.65 bits per heavy atom. The van der Waals surface area contributed by atoms with E-state index in [4.69, 9.17) is 5.73 Å². The second-order valence-corrected chi connectivity index (χ2v) is 6.96. The van der Waals surface area contributed by atoms with E-state index < -0.39 is 0 Å². The summed E-state index contributed by atoms with van der Waals surface area (Å²) in [4.78, 5) is 7.18. The van der Waals surface area contributed by atoms with Gasteiger partial charge in [-0.1, -0.05) is 49.6 Å². The van der Waals surface area contributed by atoms with Crippen LogP contribution in [0, 0.1) is 0 Å². The molecule has 4 heteroatoms. The van der Waals surface area contributed by atoms with Crippen LogP contribution in [0.25, 0.3) is 0 Å². The maximum atomic E-state index is 6.10. The molecule has 3 rings (SSSR count). The first-order valence-corrected chi connectivity index (χ1v) is 9.16. The Kier molecular flexibility index (Phi) is 5.92. The molecule has 0 aromatic heterocycles. The molecule has 1 aromatic carbocycles. The predicted molar refractivity (Wildman–Crippen MR) is 96.4 cm³/mol. The Balaban J connectivity index is 1.48. The zero-order chi connectivity index (χ0) is 15.9. The number of hydrogen-bond donors (Lipinski definition) is 2. The number of rotatable bonds is 5. The van der Waals surface area contributed by atoms with Gasteiger partial charge in [-0.25, -0.2) is 0 Å². The Bertz CT molecular complexity index is 493. The summed E-state index contributed by atoms with van der Waals surface area (Å²) in [6.45, 7) is 3.01. The van der Waals surface area contributed by atoms with Crippen LogP contribution in [0.1, 0.15) is 50.5 Å². The highest BCUT2D eigenvalue weighted by Crippen LogP contribution is 2.20. The van der Waals surface area contributed by atoms with Gasteiger partial charge in [0.25, 0.3) is 0 Å². The molecule has 1 aromatic rings. The van der Waals surface area contributed by atoms with E-state index >= 15 is 0 Å². The number of likely N-dealkylation sites (tertiary alicyclic amines) is 1. The standard InChI is InChI=1S/C19H30N4/c20-19(22-17-10-5-2-6-11-17)21-14-18-12-7-13-23(18)15-16-8-3-1-4-9-16/h1,3-4,8-9,17-18H,2,5-7,10-15H2,(H3,20,21,22). The summed E-state index contributed by atoms with van der Waals surface area (Å²) in [5.74, 6) is 0.642.